The number of carbonyl (C=O) groups is 1. The van der Waals surface area contributed by atoms with E-state index in [0.717, 1.165) is 17.5 Å². The first-order valence-corrected chi connectivity index (χ1v) is 15.1. The SMILES string of the molecule is CN(C)c1nc(CCC(=O)[C@@H]2CCCN2S(=O)(=S)c2cc3ccccc3o2)cc(-c2ccc(C(F)(F)F)cc2)n1. The maximum atomic E-state index is 13.8. The third kappa shape index (κ3) is 5.74. The van der Waals surface area contributed by atoms with Gasteiger partial charge in [-0.1, -0.05) is 30.3 Å². The summed E-state index contributed by atoms with van der Waals surface area (Å²) in [6.07, 6.45) is -2.81. The second kappa shape index (κ2) is 10.9. The largest absolute Gasteiger partial charge is 0.446 e. The summed E-state index contributed by atoms with van der Waals surface area (Å²) in [6, 6.07) is 14.8. The van der Waals surface area contributed by atoms with Crippen molar-refractivity contribution in [1.82, 2.24) is 14.3 Å². The van der Waals surface area contributed by atoms with Gasteiger partial charge in [0.25, 0.3) is 0 Å². The van der Waals surface area contributed by atoms with Gasteiger partial charge in [-0.05, 0) is 43.5 Å². The molecule has 1 fully saturated rings. The Labute approximate surface area is 234 Å². The third-order valence-corrected chi connectivity index (χ3v) is 9.68. The molecule has 0 aliphatic carbocycles. The van der Waals surface area contributed by atoms with Crippen molar-refractivity contribution in [2.45, 2.75) is 43.0 Å². The van der Waals surface area contributed by atoms with E-state index in [1.807, 2.05) is 18.2 Å². The van der Waals surface area contributed by atoms with Crippen molar-refractivity contribution in [3.63, 3.8) is 0 Å². The molecule has 210 valence electrons. The zero-order valence-corrected chi connectivity index (χ0v) is 23.5. The number of hydrogen-bond acceptors (Lipinski definition) is 7. The molecule has 7 nitrogen and oxygen atoms in total. The molecule has 5 rings (SSSR count). The summed E-state index contributed by atoms with van der Waals surface area (Å²) in [5, 5.41) is 0.970. The minimum absolute atomic E-state index is 0.104. The fraction of sp³-hybridized carbons (Fsp3) is 0.321. The summed E-state index contributed by atoms with van der Waals surface area (Å²) in [4.78, 5) is 24.1. The maximum absolute atomic E-state index is 13.8. The fourth-order valence-electron chi connectivity index (χ4n) is 4.76. The van der Waals surface area contributed by atoms with Gasteiger partial charge in [0.15, 0.2) is 14.5 Å². The Morgan fingerprint density at radius 1 is 1.12 bits per heavy atom. The van der Waals surface area contributed by atoms with Gasteiger partial charge in [0.2, 0.25) is 11.0 Å². The van der Waals surface area contributed by atoms with E-state index in [-0.39, 0.29) is 23.7 Å². The number of carbonyl (C=O) groups excluding carboxylic acids is 1. The molecule has 0 saturated carbocycles. The number of aryl methyl sites for hydroxylation is 1. The van der Waals surface area contributed by atoms with Crippen LogP contribution in [0.3, 0.4) is 0 Å². The van der Waals surface area contributed by atoms with Crippen LogP contribution in [0.2, 0.25) is 0 Å². The number of furan rings is 1. The van der Waals surface area contributed by atoms with Crippen LogP contribution < -0.4 is 4.90 Å². The molecule has 1 saturated heterocycles. The molecule has 1 aliphatic rings. The van der Waals surface area contributed by atoms with E-state index in [4.69, 9.17) is 15.6 Å². The van der Waals surface area contributed by atoms with Gasteiger partial charge in [0.05, 0.1) is 17.3 Å². The minimum Gasteiger partial charge on any atom is -0.446 e. The number of aromatic nitrogens is 2. The Morgan fingerprint density at radius 3 is 2.52 bits per heavy atom. The van der Waals surface area contributed by atoms with Gasteiger partial charge >= 0.3 is 6.18 Å². The lowest BCUT2D eigenvalue weighted by Crippen LogP contribution is -2.40. The van der Waals surface area contributed by atoms with Crippen LogP contribution in [-0.2, 0) is 37.3 Å². The van der Waals surface area contributed by atoms with Crippen molar-refractivity contribution in [2.24, 2.45) is 0 Å². The zero-order chi connectivity index (χ0) is 28.7. The molecule has 2 aromatic heterocycles. The lowest BCUT2D eigenvalue weighted by molar-refractivity contribution is -0.137. The summed E-state index contributed by atoms with van der Waals surface area (Å²) in [5.41, 5.74) is 1.37. The lowest BCUT2D eigenvalue weighted by Gasteiger charge is -2.24. The van der Waals surface area contributed by atoms with Gasteiger partial charge in [-0.3, -0.25) is 4.79 Å². The van der Waals surface area contributed by atoms with Crippen molar-refractivity contribution >= 4 is 42.6 Å². The first-order chi connectivity index (χ1) is 18.9. The van der Waals surface area contributed by atoms with E-state index in [0.29, 0.717) is 47.9 Å². The van der Waals surface area contributed by atoms with E-state index >= 15 is 0 Å². The number of nitrogens with zero attached hydrogens (tertiary/aromatic N) is 4. The number of fused-ring (bicyclic) bond motifs is 1. The topological polar surface area (TPSA) is 79.5 Å². The fourth-order valence-corrected chi connectivity index (χ4v) is 7.17. The Balaban J connectivity index is 1.34. The average molecular weight is 589 g/mol. The molecule has 2 atom stereocenters. The van der Waals surface area contributed by atoms with Crippen molar-refractivity contribution < 1.29 is 26.6 Å². The molecule has 3 heterocycles. The van der Waals surface area contributed by atoms with Crippen LogP contribution in [0.5, 0.6) is 0 Å². The van der Waals surface area contributed by atoms with Gasteiger partial charge in [-0.15, -0.1) is 0 Å². The summed E-state index contributed by atoms with van der Waals surface area (Å²) in [6.45, 7) is 0.423. The molecule has 1 unspecified atom stereocenters. The second-order valence-corrected chi connectivity index (χ2v) is 13.0. The van der Waals surface area contributed by atoms with Crippen LogP contribution in [0.15, 0.2) is 70.2 Å². The first-order valence-electron chi connectivity index (χ1n) is 12.7. The smallest absolute Gasteiger partial charge is 0.416 e. The molecule has 0 N–H and O–H groups in total. The van der Waals surface area contributed by atoms with Crippen molar-refractivity contribution in [3.8, 4) is 11.3 Å². The normalized spacial score (nSPS) is 17.7. The van der Waals surface area contributed by atoms with Crippen LogP contribution in [0.1, 0.15) is 30.5 Å². The molecule has 0 bridgehead atoms. The van der Waals surface area contributed by atoms with Crippen LogP contribution in [0, 0.1) is 0 Å². The van der Waals surface area contributed by atoms with Gasteiger partial charge in [-0.2, -0.15) is 13.2 Å². The highest BCUT2D eigenvalue weighted by Gasteiger charge is 2.38. The predicted octanol–water partition coefficient (Wildman–Crippen LogP) is 5.66. The van der Waals surface area contributed by atoms with E-state index in [1.165, 1.54) is 12.1 Å². The summed E-state index contributed by atoms with van der Waals surface area (Å²) in [5.74, 6) is 0.271. The number of rotatable bonds is 8. The van der Waals surface area contributed by atoms with Crippen LogP contribution >= 0.6 is 0 Å². The number of ketones is 1. The zero-order valence-electron chi connectivity index (χ0n) is 21.9. The van der Waals surface area contributed by atoms with E-state index < -0.39 is 26.5 Å². The molecule has 12 heteroatoms. The van der Waals surface area contributed by atoms with E-state index in [2.05, 4.69) is 9.97 Å². The molecule has 2 aromatic carbocycles. The Hall–Kier alpha value is -3.35. The number of anilines is 1. The number of para-hydroxylation sites is 1. The highest BCUT2D eigenvalue weighted by atomic mass is 32.8. The molecule has 4 aromatic rings. The quantitative estimate of drug-likeness (QED) is 0.263. The van der Waals surface area contributed by atoms with Crippen LogP contribution in [-0.4, -0.2) is 50.9 Å². The Bertz CT molecular complexity index is 1620. The number of benzene rings is 2. The molecule has 0 spiro atoms. The lowest BCUT2D eigenvalue weighted by atomic mass is 10.0. The predicted molar refractivity (Wildman–Crippen MR) is 150 cm³/mol. The standard InChI is InChI=1S/C28H27F3N4O3S2/c1-34(2)27-32-21(17-22(33-27)18-9-11-20(12-10-18)28(29,30)31)13-14-24(36)23-7-5-15-35(23)40(37,39)26-16-19-6-3-4-8-25(19)38-26/h3-4,6,8-12,16-17,23H,5,7,13-15H2,1-2H3/t23-,40?/m0/s1. The number of alkyl halides is 3. The monoisotopic (exact) mass is 588 g/mol. The molecule has 0 radical (unpaired) electrons. The van der Waals surface area contributed by atoms with Crippen molar-refractivity contribution in [2.75, 3.05) is 25.5 Å². The minimum atomic E-state index is -4.43. The van der Waals surface area contributed by atoms with E-state index in [1.54, 1.807) is 41.5 Å². The molecule has 40 heavy (non-hydrogen) atoms. The van der Waals surface area contributed by atoms with E-state index in [9.17, 15) is 22.2 Å². The summed E-state index contributed by atoms with van der Waals surface area (Å²) < 4.78 is 60.2. The summed E-state index contributed by atoms with van der Waals surface area (Å²) in [7, 11) is 0.333. The van der Waals surface area contributed by atoms with Crippen LogP contribution in [0.4, 0.5) is 19.1 Å². The summed E-state index contributed by atoms with van der Waals surface area (Å²) >= 11 is 5.54. The highest BCUT2D eigenvalue weighted by Crippen LogP contribution is 2.33. The molecular formula is C28H27F3N4O3S2. The van der Waals surface area contributed by atoms with Crippen molar-refractivity contribution in [1.29, 1.82) is 0 Å². The van der Waals surface area contributed by atoms with Gasteiger partial charge in [0.1, 0.15) is 5.58 Å². The van der Waals surface area contributed by atoms with Gasteiger partial charge in [0, 0.05) is 61.0 Å². The average Bonchev–Trinajstić information content (AvgIpc) is 3.60. The second-order valence-electron chi connectivity index (χ2n) is 9.86. The Kier molecular flexibility index (Phi) is 7.68. The highest BCUT2D eigenvalue weighted by molar-refractivity contribution is 8.31. The number of Topliss-reactive ketones (excluding diaryl/α,β-unsaturated/α-hetero) is 1. The maximum Gasteiger partial charge on any atom is 0.416 e. The van der Waals surface area contributed by atoms with Gasteiger partial charge in [-0.25, -0.2) is 18.5 Å². The number of hydrogen-bond donors (Lipinski definition) is 0. The van der Waals surface area contributed by atoms with Crippen molar-refractivity contribution in [3.05, 3.63) is 71.9 Å². The number of halogens is 3. The Morgan fingerprint density at radius 2 is 1.85 bits per heavy atom. The first kappa shape index (κ1) is 28.2. The van der Waals surface area contributed by atoms with Gasteiger partial charge < -0.3 is 9.32 Å². The molecule has 1 aliphatic heterocycles. The molecule has 0 amide bonds. The van der Waals surface area contributed by atoms with Crippen LogP contribution in [0.25, 0.3) is 22.2 Å². The molecular weight excluding hydrogens is 561 g/mol. The third-order valence-electron chi connectivity index (χ3n) is 6.84.